The van der Waals surface area contributed by atoms with Crippen molar-refractivity contribution < 1.29 is 0 Å². The molecule has 0 bridgehead atoms. The van der Waals surface area contributed by atoms with Gasteiger partial charge >= 0.3 is 5.66 Å². The maximum absolute atomic E-state index is 8.37. The molecule has 1 aliphatic rings. The Morgan fingerprint density at radius 2 is 2.33 bits per heavy atom. The zero-order chi connectivity index (χ0) is 6.74. The van der Waals surface area contributed by atoms with E-state index >= 15 is 0 Å². The van der Waals surface area contributed by atoms with Crippen LogP contribution in [0.15, 0.2) is 24.3 Å². The highest BCUT2D eigenvalue weighted by atomic mass is 15.1. The minimum atomic E-state index is -0.866. The monoisotopic (exact) mass is 122 g/mol. The van der Waals surface area contributed by atoms with Crippen LogP contribution in [0.1, 0.15) is 6.42 Å². The molecule has 3 heteroatoms. The molecule has 0 heterocycles. The Kier molecular flexibility index (Phi) is 1.33. The fourth-order valence-corrected chi connectivity index (χ4v) is 0.700. The smallest absolute Gasteiger partial charge is 0.247 e. The van der Waals surface area contributed by atoms with Gasteiger partial charge in [0.25, 0.3) is 0 Å². The van der Waals surface area contributed by atoms with E-state index in [4.69, 9.17) is 11.1 Å². The lowest BCUT2D eigenvalue weighted by Gasteiger charge is -2.02. The molecule has 0 aromatic carbocycles. The summed E-state index contributed by atoms with van der Waals surface area (Å²) in [7, 11) is 0. The Morgan fingerprint density at radius 3 is 2.67 bits per heavy atom. The van der Waals surface area contributed by atoms with Crippen LogP contribution < -0.4 is 5.73 Å². The summed E-state index contributed by atoms with van der Waals surface area (Å²) in [5.41, 5.74) is 4.64. The molecule has 0 radical (unpaired) electrons. The lowest BCUT2D eigenvalue weighted by molar-refractivity contribution is 0.642. The molecule has 1 aliphatic carbocycles. The maximum Gasteiger partial charge on any atom is 0.397 e. The van der Waals surface area contributed by atoms with Crippen LogP contribution in [-0.4, -0.2) is 5.66 Å². The first-order chi connectivity index (χ1) is 4.27. The summed E-state index contributed by atoms with van der Waals surface area (Å²) in [6.07, 6.45) is 7.73. The molecule has 2 N–H and O–H groups in total. The number of diazo groups is 1. The summed E-state index contributed by atoms with van der Waals surface area (Å²) < 4.78 is 0. The van der Waals surface area contributed by atoms with Gasteiger partial charge in [-0.2, -0.15) is 0 Å². The Balaban J connectivity index is 2.77. The molecule has 3 nitrogen and oxygen atoms in total. The molecule has 1 atom stereocenters. The van der Waals surface area contributed by atoms with Crippen molar-refractivity contribution >= 4 is 0 Å². The van der Waals surface area contributed by atoms with Crippen LogP contribution in [0, 0.1) is 5.39 Å². The SMILES string of the molecule is N#[N+]C1(N)C=CC=CC1. The average molecular weight is 122 g/mol. The quantitative estimate of drug-likeness (QED) is 0.487. The molecule has 0 spiro atoms. The van der Waals surface area contributed by atoms with Crippen LogP contribution in [0.3, 0.4) is 0 Å². The summed E-state index contributed by atoms with van der Waals surface area (Å²) >= 11 is 0. The van der Waals surface area contributed by atoms with Crippen molar-refractivity contribution in [3.05, 3.63) is 29.3 Å². The maximum atomic E-state index is 8.37. The second-order valence-corrected chi connectivity index (χ2v) is 2.08. The highest BCUT2D eigenvalue weighted by molar-refractivity contribution is 5.22. The van der Waals surface area contributed by atoms with Gasteiger partial charge in [-0.05, 0) is 0 Å². The Morgan fingerprint density at radius 1 is 1.56 bits per heavy atom. The van der Waals surface area contributed by atoms with Crippen LogP contribution in [0.25, 0.3) is 4.98 Å². The molecular weight excluding hydrogens is 114 g/mol. The van der Waals surface area contributed by atoms with Crippen LogP contribution in [-0.2, 0) is 0 Å². The number of nitrogens with two attached hydrogens (primary N) is 1. The molecule has 1 rings (SSSR count). The average Bonchev–Trinajstić information content (AvgIpc) is 1.90. The number of nitrogens with zero attached hydrogens (tertiary/aromatic N) is 2. The fraction of sp³-hybridized carbons (Fsp3) is 0.333. The lowest BCUT2D eigenvalue weighted by Crippen LogP contribution is -2.33. The van der Waals surface area contributed by atoms with Crippen molar-refractivity contribution in [1.29, 1.82) is 5.39 Å². The van der Waals surface area contributed by atoms with Gasteiger partial charge in [-0.25, -0.2) is 5.73 Å². The standard InChI is InChI=1S/C6H8N3/c7-6(9-8)4-2-1-3-5-6/h1-4H,5,7H2/q+1. The minimum absolute atomic E-state index is 0.569. The van der Waals surface area contributed by atoms with Crippen molar-refractivity contribution in [2.75, 3.05) is 0 Å². The van der Waals surface area contributed by atoms with Crippen molar-refractivity contribution in [1.82, 2.24) is 0 Å². The van der Waals surface area contributed by atoms with Gasteiger partial charge in [0.1, 0.15) is 4.98 Å². The molecular formula is C6H8N3+. The van der Waals surface area contributed by atoms with E-state index in [0.717, 1.165) is 0 Å². The first-order valence-electron chi connectivity index (χ1n) is 2.76. The molecule has 0 aromatic rings. The third-order valence-electron chi connectivity index (χ3n) is 1.26. The van der Waals surface area contributed by atoms with Crippen molar-refractivity contribution in [3.8, 4) is 0 Å². The van der Waals surface area contributed by atoms with E-state index in [0.29, 0.717) is 6.42 Å². The molecule has 0 fully saturated rings. The topological polar surface area (TPSA) is 54.2 Å². The van der Waals surface area contributed by atoms with Gasteiger partial charge < -0.3 is 0 Å². The van der Waals surface area contributed by atoms with Gasteiger partial charge in [-0.3, -0.25) is 0 Å². The number of rotatable bonds is 0. The first kappa shape index (κ1) is 5.99. The molecule has 1 unspecified atom stereocenters. The van der Waals surface area contributed by atoms with E-state index < -0.39 is 5.66 Å². The van der Waals surface area contributed by atoms with Crippen LogP contribution in [0.5, 0.6) is 0 Å². The second-order valence-electron chi connectivity index (χ2n) is 2.08. The van der Waals surface area contributed by atoms with E-state index in [9.17, 15) is 0 Å². The summed E-state index contributed by atoms with van der Waals surface area (Å²) in [4.78, 5) is 3.02. The fourth-order valence-electron chi connectivity index (χ4n) is 0.700. The predicted octanol–water partition coefficient (Wildman–Crippen LogP) is 1.01. The van der Waals surface area contributed by atoms with E-state index in [-0.39, 0.29) is 0 Å². The van der Waals surface area contributed by atoms with Crippen molar-refractivity contribution in [3.63, 3.8) is 0 Å². The molecule has 0 saturated heterocycles. The Labute approximate surface area is 53.5 Å². The third-order valence-corrected chi connectivity index (χ3v) is 1.26. The van der Waals surface area contributed by atoms with Crippen LogP contribution >= 0.6 is 0 Å². The van der Waals surface area contributed by atoms with E-state index in [1.165, 1.54) is 0 Å². The first-order valence-corrected chi connectivity index (χ1v) is 2.76. The largest absolute Gasteiger partial charge is 0.397 e. The minimum Gasteiger partial charge on any atom is -0.247 e. The molecule has 0 amide bonds. The number of hydrogen-bond acceptors (Lipinski definition) is 2. The van der Waals surface area contributed by atoms with Crippen LogP contribution in [0.4, 0.5) is 0 Å². The molecule has 0 aliphatic heterocycles. The summed E-state index contributed by atoms with van der Waals surface area (Å²) in [6, 6.07) is 0. The van der Waals surface area contributed by atoms with Gasteiger partial charge in [-0.15, -0.1) is 0 Å². The normalized spacial score (nSPS) is 32.0. The van der Waals surface area contributed by atoms with Gasteiger partial charge in [0.2, 0.25) is 5.39 Å². The molecule has 0 saturated carbocycles. The second kappa shape index (κ2) is 2.00. The van der Waals surface area contributed by atoms with E-state index in [1.807, 2.05) is 12.2 Å². The predicted molar refractivity (Wildman–Crippen MR) is 34.9 cm³/mol. The molecule has 0 aromatic heterocycles. The summed E-state index contributed by atoms with van der Waals surface area (Å²) in [5, 5.41) is 8.37. The Hall–Kier alpha value is -1.14. The zero-order valence-electron chi connectivity index (χ0n) is 4.99. The van der Waals surface area contributed by atoms with Gasteiger partial charge in [0.05, 0.1) is 6.42 Å². The molecule has 46 valence electrons. The highest BCUT2D eigenvalue weighted by Crippen LogP contribution is 2.14. The summed E-state index contributed by atoms with van der Waals surface area (Å²) in [5.74, 6) is 0. The van der Waals surface area contributed by atoms with Crippen molar-refractivity contribution in [2.45, 2.75) is 12.1 Å². The van der Waals surface area contributed by atoms with Gasteiger partial charge in [-0.1, -0.05) is 18.2 Å². The molecule has 9 heavy (non-hydrogen) atoms. The Bertz CT molecular complexity index is 199. The van der Waals surface area contributed by atoms with Crippen molar-refractivity contribution in [2.24, 2.45) is 5.73 Å². The lowest BCUT2D eigenvalue weighted by atomic mass is 10.0. The number of allylic oxidation sites excluding steroid dienone is 2. The summed E-state index contributed by atoms with van der Waals surface area (Å²) in [6.45, 7) is 0. The van der Waals surface area contributed by atoms with Gasteiger partial charge in [0.15, 0.2) is 0 Å². The van der Waals surface area contributed by atoms with E-state index in [1.54, 1.807) is 12.2 Å². The zero-order valence-corrected chi connectivity index (χ0v) is 4.99. The highest BCUT2D eigenvalue weighted by Gasteiger charge is 2.34. The van der Waals surface area contributed by atoms with E-state index in [2.05, 4.69) is 4.98 Å². The number of hydrogen-bond donors (Lipinski definition) is 1. The van der Waals surface area contributed by atoms with Crippen LogP contribution in [0.2, 0.25) is 0 Å². The van der Waals surface area contributed by atoms with Gasteiger partial charge in [0, 0.05) is 6.08 Å². The third kappa shape index (κ3) is 1.15.